The molecule has 0 bridgehead atoms. The molecule has 1 saturated carbocycles. The summed E-state index contributed by atoms with van der Waals surface area (Å²) in [5, 5.41) is 3.91. The van der Waals surface area contributed by atoms with Gasteiger partial charge in [0.15, 0.2) is 0 Å². The van der Waals surface area contributed by atoms with Crippen LogP contribution in [0.1, 0.15) is 37.2 Å². The molecule has 0 atom stereocenters. The van der Waals surface area contributed by atoms with Crippen LogP contribution in [0, 0.1) is 5.82 Å². The largest absolute Gasteiger partial charge is 0.381 e. The Bertz CT molecular complexity index is 591. The van der Waals surface area contributed by atoms with Gasteiger partial charge in [-0.05, 0) is 55.4 Å². The number of hydrogen-bond acceptors (Lipinski definition) is 1. The van der Waals surface area contributed by atoms with Crippen LogP contribution < -0.4 is 5.32 Å². The van der Waals surface area contributed by atoms with E-state index in [4.69, 9.17) is 11.6 Å². The Morgan fingerprint density at radius 1 is 0.952 bits per heavy atom. The molecule has 1 aliphatic carbocycles. The van der Waals surface area contributed by atoms with Gasteiger partial charge in [0, 0.05) is 6.04 Å². The fourth-order valence-corrected chi connectivity index (χ4v) is 3.34. The van der Waals surface area contributed by atoms with Crippen LogP contribution in [0.15, 0.2) is 48.5 Å². The minimum atomic E-state index is -0.293. The molecule has 1 nitrogen and oxygen atoms in total. The van der Waals surface area contributed by atoms with Crippen molar-refractivity contribution in [1.29, 1.82) is 0 Å². The predicted molar refractivity (Wildman–Crippen MR) is 86.5 cm³/mol. The van der Waals surface area contributed by atoms with Crippen molar-refractivity contribution in [2.45, 2.75) is 37.6 Å². The van der Waals surface area contributed by atoms with Gasteiger partial charge in [-0.25, -0.2) is 4.39 Å². The third-order valence-corrected chi connectivity index (χ3v) is 4.60. The van der Waals surface area contributed by atoms with Gasteiger partial charge in [0.1, 0.15) is 5.82 Å². The second-order valence-corrected chi connectivity index (χ2v) is 6.13. The molecule has 0 aromatic heterocycles. The smallest absolute Gasteiger partial charge is 0.124 e. The van der Waals surface area contributed by atoms with Crippen LogP contribution in [0.2, 0.25) is 5.02 Å². The Kier molecular flexibility index (Phi) is 4.45. The van der Waals surface area contributed by atoms with E-state index in [9.17, 15) is 4.39 Å². The van der Waals surface area contributed by atoms with Crippen molar-refractivity contribution < 1.29 is 4.39 Å². The van der Waals surface area contributed by atoms with Crippen LogP contribution in [0.25, 0.3) is 0 Å². The molecule has 0 spiro atoms. The SMILES string of the molecule is Fc1ccc(NC2CCC(c3ccccc3)CC2)c(Cl)c1. The maximum Gasteiger partial charge on any atom is 0.124 e. The van der Waals surface area contributed by atoms with Crippen LogP contribution >= 0.6 is 11.6 Å². The second kappa shape index (κ2) is 6.48. The van der Waals surface area contributed by atoms with Crippen LogP contribution in [0.3, 0.4) is 0 Å². The molecule has 3 heteroatoms. The number of benzene rings is 2. The molecule has 0 amide bonds. The number of halogens is 2. The van der Waals surface area contributed by atoms with Crippen molar-refractivity contribution in [3.8, 4) is 0 Å². The molecular weight excluding hydrogens is 285 g/mol. The van der Waals surface area contributed by atoms with Crippen LogP contribution in [0.5, 0.6) is 0 Å². The van der Waals surface area contributed by atoms with Gasteiger partial charge in [-0.15, -0.1) is 0 Å². The van der Waals surface area contributed by atoms with Gasteiger partial charge < -0.3 is 5.32 Å². The Morgan fingerprint density at radius 2 is 1.67 bits per heavy atom. The maximum absolute atomic E-state index is 13.1. The van der Waals surface area contributed by atoms with Crippen molar-refractivity contribution in [3.63, 3.8) is 0 Å². The molecule has 1 aliphatic rings. The first-order valence-electron chi connectivity index (χ1n) is 7.49. The van der Waals surface area contributed by atoms with Crippen molar-refractivity contribution in [1.82, 2.24) is 0 Å². The van der Waals surface area contributed by atoms with Gasteiger partial charge >= 0.3 is 0 Å². The van der Waals surface area contributed by atoms with E-state index >= 15 is 0 Å². The minimum Gasteiger partial charge on any atom is -0.381 e. The maximum atomic E-state index is 13.1. The highest BCUT2D eigenvalue weighted by Crippen LogP contribution is 2.34. The monoisotopic (exact) mass is 303 g/mol. The van der Waals surface area contributed by atoms with E-state index in [-0.39, 0.29) is 5.82 Å². The van der Waals surface area contributed by atoms with E-state index < -0.39 is 0 Å². The van der Waals surface area contributed by atoms with Crippen LogP contribution in [-0.4, -0.2) is 6.04 Å². The van der Waals surface area contributed by atoms with E-state index in [2.05, 4.69) is 35.6 Å². The Morgan fingerprint density at radius 3 is 2.33 bits per heavy atom. The molecular formula is C18H19ClFN. The lowest BCUT2D eigenvalue weighted by atomic mass is 9.82. The van der Waals surface area contributed by atoms with Gasteiger partial charge in [0.2, 0.25) is 0 Å². The predicted octanol–water partition coefficient (Wildman–Crippen LogP) is 5.62. The highest BCUT2D eigenvalue weighted by atomic mass is 35.5. The molecule has 1 N–H and O–H groups in total. The number of hydrogen-bond donors (Lipinski definition) is 1. The van der Waals surface area contributed by atoms with Gasteiger partial charge in [0.25, 0.3) is 0 Å². The van der Waals surface area contributed by atoms with Gasteiger partial charge in [-0.1, -0.05) is 41.9 Å². The van der Waals surface area contributed by atoms with Crippen LogP contribution in [-0.2, 0) is 0 Å². The lowest BCUT2D eigenvalue weighted by Gasteiger charge is -2.30. The summed E-state index contributed by atoms with van der Waals surface area (Å²) < 4.78 is 13.1. The van der Waals surface area contributed by atoms with Crippen molar-refractivity contribution in [2.24, 2.45) is 0 Å². The van der Waals surface area contributed by atoms with E-state index in [0.717, 1.165) is 18.5 Å². The summed E-state index contributed by atoms with van der Waals surface area (Å²) in [6.07, 6.45) is 4.60. The lowest BCUT2D eigenvalue weighted by molar-refractivity contribution is 0.412. The zero-order chi connectivity index (χ0) is 14.7. The zero-order valence-corrected chi connectivity index (χ0v) is 12.6. The molecule has 21 heavy (non-hydrogen) atoms. The zero-order valence-electron chi connectivity index (χ0n) is 11.9. The quantitative estimate of drug-likeness (QED) is 0.776. The molecule has 2 aromatic carbocycles. The molecule has 3 rings (SSSR count). The summed E-state index contributed by atoms with van der Waals surface area (Å²) in [4.78, 5) is 0. The van der Waals surface area contributed by atoms with E-state index in [1.807, 2.05) is 0 Å². The van der Waals surface area contributed by atoms with Gasteiger partial charge in [-0.2, -0.15) is 0 Å². The fraction of sp³-hybridized carbons (Fsp3) is 0.333. The third-order valence-electron chi connectivity index (χ3n) is 4.29. The first kappa shape index (κ1) is 14.4. The molecule has 0 saturated heterocycles. The summed E-state index contributed by atoms with van der Waals surface area (Å²) >= 11 is 6.07. The minimum absolute atomic E-state index is 0.293. The highest BCUT2D eigenvalue weighted by molar-refractivity contribution is 6.33. The summed E-state index contributed by atoms with van der Waals surface area (Å²) in [6.45, 7) is 0. The average Bonchev–Trinajstić information content (AvgIpc) is 2.52. The molecule has 0 aliphatic heterocycles. The first-order valence-corrected chi connectivity index (χ1v) is 7.86. The molecule has 1 fully saturated rings. The summed E-state index contributed by atoms with van der Waals surface area (Å²) in [6, 6.07) is 15.7. The number of anilines is 1. The van der Waals surface area contributed by atoms with E-state index in [1.54, 1.807) is 6.07 Å². The standard InChI is InChI=1S/C18H19ClFN/c19-17-12-15(20)8-11-18(17)21-16-9-6-14(7-10-16)13-4-2-1-3-5-13/h1-5,8,11-12,14,16,21H,6-7,9-10H2. The average molecular weight is 304 g/mol. The first-order chi connectivity index (χ1) is 10.2. The molecule has 0 heterocycles. The lowest BCUT2D eigenvalue weighted by Crippen LogP contribution is -2.25. The fourth-order valence-electron chi connectivity index (χ4n) is 3.12. The van der Waals surface area contributed by atoms with Crippen molar-refractivity contribution >= 4 is 17.3 Å². The topological polar surface area (TPSA) is 12.0 Å². The molecule has 110 valence electrons. The van der Waals surface area contributed by atoms with Crippen molar-refractivity contribution in [3.05, 3.63) is 64.9 Å². The summed E-state index contributed by atoms with van der Waals surface area (Å²) in [7, 11) is 0. The Labute approximate surface area is 130 Å². The summed E-state index contributed by atoms with van der Waals surface area (Å²) in [5.41, 5.74) is 2.27. The molecule has 0 radical (unpaired) electrons. The normalized spacial score (nSPS) is 22.0. The van der Waals surface area contributed by atoms with Gasteiger partial charge in [0.05, 0.1) is 10.7 Å². The Hall–Kier alpha value is -1.54. The number of rotatable bonds is 3. The summed E-state index contributed by atoms with van der Waals surface area (Å²) in [5.74, 6) is 0.367. The van der Waals surface area contributed by atoms with Gasteiger partial charge in [-0.3, -0.25) is 0 Å². The number of nitrogens with one attached hydrogen (secondary N) is 1. The van der Waals surface area contributed by atoms with E-state index in [1.165, 1.54) is 30.5 Å². The molecule has 2 aromatic rings. The Balaban J connectivity index is 1.59. The van der Waals surface area contributed by atoms with E-state index in [0.29, 0.717) is 17.0 Å². The second-order valence-electron chi connectivity index (χ2n) is 5.73. The third kappa shape index (κ3) is 3.56. The molecule has 0 unspecified atom stereocenters. The van der Waals surface area contributed by atoms with Crippen molar-refractivity contribution in [2.75, 3.05) is 5.32 Å². The van der Waals surface area contributed by atoms with Crippen LogP contribution in [0.4, 0.5) is 10.1 Å². The highest BCUT2D eigenvalue weighted by Gasteiger charge is 2.22.